The molecule has 0 bridgehead atoms. The van der Waals surface area contributed by atoms with Crippen molar-refractivity contribution in [2.75, 3.05) is 20.2 Å². The summed E-state index contributed by atoms with van der Waals surface area (Å²) in [6, 6.07) is -0.750. The number of carbonyl (C=O) groups excluding carboxylic acids is 5. The lowest BCUT2D eigenvalue weighted by atomic mass is 10.1. The van der Waals surface area contributed by atoms with E-state index in [0.717, 1.165) is 12.5 Å². The lowest BCUT2D eigenvalue weighted by Gasteiger charge is -2.29. The second-order valence-corrected chi connectivity index (χ2v) is 11.9. The summed E-state index contributed by atoms with van der Waals surface area (Å²) in [6.07, 6.45) is 2.89. The first-order chi connectivity index (χ1) is 22.9. The molecule has 2 aliphatic heterocycles. The van der Waals surface area contributed by atoms with Crippen molar-refractivity contribution in [1.29, 1.82) is 0 Å². The Bertz CT molecular complexity index is 1550. The van der Waals surface area contributed by atoms with Gasteiger partial charge in [-0.25, -0.2) is 9.18 Å². The van der Waals surface area contributed by atoms with Gasteiger partial charge < -0.3 is 36.0 Å². The normalized spacial score (nSPS) is 22.4. The van der Waals surface area contributed by atoms with E-state index in [9.17, 15) is 38.3 Å². The molecular weight excluding hydrogens is 629 g/mol. The first-order valence-corrected chi connectivity index (χ1v) is 16.0. The van der Waals surface area contributed by atoms with Crippen LogP contribution in [0.25, 0.3) is 0 Å². The molecule has 15 nitrogen and oxygen atoms in total. The van der Waals surface area contributed by atoms with Crippen LogP contribution in [-0.4, -0.2) is 99.7 Å². The second kappa shape index (κ2) is 16.2. The molecule has 0 aliphatic carbocycles. The van der Waals surface area contributed by atoms with Gasteiger partial charge in [-0.3, -0.25) is 28.7 Å². The van der Waals surface area contributed by atoms with Gasteiger partial charge in [-0.15, -0.1) is 0 Å². The topological polar surface area (TPSA) is 201 Å². The number of rotatable bonds is 8. The van der Waals surface area contributed by atoms with Crippen molar-refractivity contribution in [3.8, 4) is 5.75 Å². The zero-order valence-corrected chi connectivity index (χ0v) is 27.2. The molecule has 0 unspecified atom stereocenters. The molecule has 16 heteroatoms. The van der Waals surface area contributed by atoms with E-state index in [1.165, 1.54) is 24.1 Å². The van der Waals surface area contributed by atoms with E-state index in [4.69, 9.17) is 4.74 Å². The first-order valence-electron chi connectivity index (χ1n) is 16.0. The van der Waals surface area contributed by atoms with Crippen LogP contribution in [0.2, 0.25) is 0 Å². The number of halogens is 1. The molecule has 5 amide bonds. The maximum absolute atomic E-state index is 14.8. The van der Waals surface area contributed by atoms with Gasteiger partial charge in [0.05, 0.1) is 18.4 Å². The molecule has 2 aliphatic rings. The molecule has 0 saturated carbocycles. The summed E-state index contributed by atoms with van der Waals surface area (Å²) in [4.78, 5) is 80.1. The van der Waals surface area contributed by atoms with Crippen molar-refractivity contribution in [2.45, 2.75) is 89.5 Å². The van der Waals surface area contributed by atoms with Crippen molar-refractivity contribution < 1.29 is 43.0 Å². The fraction of sp³-hybridized carbons (Fsp3) is 0.531. The summed E-state index contributed by atoms with van der Waals surface area (Å²) in [7, 11) is 1.28. The molecule has 1 aromatic heterocycles. The lowest BCUT2D eigenvalue weighted by Crippen LogP contribution is -2.55. The highest BCUT2D eigenvalue weighted by atomic mass is 19.1. The standard InChI is InChI=1S/C32H42FN7O8/c1-4-14-39-17-20(18(2)38-39)28(42)35-19-15-24-29(43)37-23(32(46)47)11-12-26(41)34-13-6-5-9-22(31(45)40(24)16-19)36-30(44)27-21(33)8-7-10-25(27)48-3/h7-8,10,17,19,22-24H,4-6,9,11-16H2,1-3H3,(H,34,41)(H,35,42)(H,36,44)(H,37,43)(H,46,47)/t19-,22+,23+,24+/m1/s1. The quantitative estimate of drug-likeness (QED) is 0.270. The van der Waals surface area contributed by atoms with Crippen molar-refractivity contribution in [1.82, 2.24) is 35.9 Å². The summed E-state index contributed by atoms with van der Waals surface area (Å²) in [6.45, 7) is 4.39. The number of hydrogen-bond donors (Lipinski definition) is 5. The predicted molar refractivity (Wildman–Crippen MR) is 168 cm³/mol. The van der Waals surface area contributed by atoms with Gasteiger partial charge in [0.2, 0.25) is 17.7 Å². The number of carbonyl (C=O) groups is 6. The van der Waals surface area contributed by atoms with Crippen molar-refractivity contribution in [3.63, 3.8) is 0 Å². The Labute approximate surface area is 276 Å². The highest BCUT2D eigenvalue weighted by Crippen LogP contribution is 2.24. The van der Waals surface area contributed by atoms with Crippen LogP contribution in [0.15, 0.2) is 24.4 Å². The van der Waals surface area contributed by atoms with Gasteiger partial charge in [0.15, 0.2) is 0 Å². The van der Waals surface area contributed by atoms with Crippen LogP contribution < -0.4 is 26.0 Å². The Morgan fingerprint density at radius 3 is 2.60 bits per heavy atom. The van der Waals surface area contributed by atoms with Gasteiger partial charge in [0, 0.05) is 38.3 Å². The molecule has 0 spiro atoms. The van der Waals surface area contributed by atoms with E-state index in [2.05, 4.69) is 26.4 Å². The average molecular weight is 672 g/mol. The largest absolute Gasteiger partial charge is 0.496 e. The number of ether oxygens (including phenoxy) is 1. The number of carboxylic acids is 1. The number of aromatic nitrogens is 2. The summed E-state index contributed by atoms with van der Waals surface area (Å²) < 4.78 is 21.6. The van der Waals surface area contributed by atoms with E-state index in [1.807, 2.05) is 6.92 Å². The number of benzene rings is 1. The molecule has 2 saturated heterocycles. The maximum Gasteiger partial charge on any atom is 0.326 e. The fourth-order valence-corrected chi connectivity index (χ4v) is 5.95. The van der Waals surface area contributed by atoms with Crippen LogP contribution in [0.3, 0.4) is 0 Å². The Balaban J connectivity index is 1.64. The molecule has 2 fully saturated rings. The fourth-order valence-electron chi connectivity index (χ4n) is 5.95. The van der Waals surface area contributed by atoms with Gasteiger partial charge in [0.25, 0.3) is 11.8 Å². The van der Waals surface area contributed by atoms with Crippen molar-refractivity contribution >= 4 is 35.5 Å². The van der Waals surface area contributed by atoms with E-state index < -0.39 is 71.1 Å². The van der Waals surface area contributed by atoms with Crippen LogP contribution in [-0.2, 0) is 25.7 Å². The molecule has 4 rings (SSSR count). The van der Waals surface area contributed by atoms with E-state index in [1.54, 1.807) is 17.8 Å². The van der Waals surface area contributed by atoms with Gasteiger partial charge >= 0.3 is 5.97 Å². The number of fused-ring (bicyclic) bond motifs is 1. The third-order valence-corrected chi connectivity index (χ3v) is 8.41. The molecular formula is C32H42FN7O8. The molecule has 1 aromatic carbocycles. The molecule has 260 valence electrons. The van der Waals surface area contributed by atoms with Crippen LogP contribution in [0.5, 0.6) is 5.75 Å². The average Bonchev–Trinajstić information content (AvgIpc) is 3.64. The molecule has 2 aromatic rings. The number of hydrogen-bond acceptors (Lipinski definition) is 8. The highest BCUT2D eigenvalue weighted by molar-refractivity contribution is 6.01. The van der Waals surface area contributed by atoms with Gasteiger partial charge in [0.1, 0.15) is 35.3 Å². The predicted octanol–water partition coefficient (Wildman–Crippen LogP) is 0.897. The van der Waals surface area contributed by atoms with Crippen LogP contribution in [0, 0.1) is 12.7 Å². The Kier molecular flexibility index (Phi) is 12.1. The summed E-state index contributed by atoms with van der Waals surface area (Å²) in [5.74, 6) is -5.50. The first kappa shape index (κ1) is 35.8. The minimum Gasteiger partial charge on any atom is -0.496 e. The zero-order valence-electron chi connectivity index (χ0n) is 27.2. The molecule has 5 N–H and O–H groups in total. The minimum atomic E-state index is -1.42. The number of amides is 5. The molecule has 4 atom stereocenters. The van der Waals surface area contributed by atoms with Gasteiger partial charge in [-0.2, -0.15) is 5.10 Å². The minimum absolute atomic E-state index is 0.0433. The summed E-state index contributed by atoms with van der Waals surface area (Å²) in [5.41, 5.74) is 0.430. The number of methoxy groups -OCH3 is 1. The second-order valence-electron chi connectivity index (χ2n) is 11.9. The van der Waals surface area contributed by atoms with Crippen LogP contribution >= 0.6 is 0 Å². The van der Waals surface area contributed by atoms with Gasteiger partial charge in [-0.05, 0) is 57.6 Å². The smallest absolute Gasteiger partial charge is 0.326 e. The van der Waals surface area contributed by atoms with Crippen LogP contribution in [0.4, 0.5) is 4.39 Å². The number of aryl methyl sites for hydroxylation is 2. The summed E-state index contributed by atoms with van der Waals surface area (Å²) >= 11 is 0. The number of aliphatic carboxylic acids is 1. The number of nitrogens with one attached hydrogen (secondary N) is 4. The monoisotopic (exact) mass is 671 g/mol. The third kappa shape index (κ3) is 8.66. The van der Waals surface area contributed by atoms with Gasteiger partial charge in [-0.1, -0.05) is 13.0 Å². The maximum atomic E-state index is 14.8. The molecule has 3 heterocycles. The Morgan fingerprint density at radius 2 is 1.90 bits per heavy atom. The highest BCUT2D eigenvalue weighted by Gasteiger charge is 2.44. The van der Waals surface area contributed by atoms with Crippen LogP contribution in [0.1, 0.15) is 78.3 Å². The van der Waals surface area contributed by atoms with E-state index in [-0.39, 0.29) is 44.5 Å². The Hall–Kier alpha value is -5.02. The third-order valence-electron chi connectivity index (χ3n) is 8.41. The van der Waals surface area contributed by atoms with E-state index >= 15 is 0 Å². The van der Waals surface area contributed by atoms with E-state index in [0.29, 0.717) is 30.6 Å². The molecule has 48 heavy (non-hydrogen) atoms. The molecule has 0 radical (unpaired) electrons. The van der Waals surface area contributed by atoms with Crippen molar-refractivity contribution in [2.24, 2.45) is 0 Å². The van der Waals surface area contributed by atoms with Crippen molar-refractivity contribution in [3.05, 3.63) is 47.0 Å². The zero-order chi connectivity index (χ0) is 35.0. The lowest BCUT2D eigenvalue weighted by molar-refractivity contribution is -0.144. The SMILES string of the molecule is CCCn1cc(C(=O)N[C@@H]2C[C@H]3C(=O)N[C@H](C(=O)O)CCC(=O)NCCCC[C@H](NC(=O)c4c(F)cccc4OC)C(=O)N3C2)c(C)n1. The summed E-state index contributed by atoms with van der Waals surface area (Å²) in [5, 5.41) is 24.7. The number of carboxylic acid groups (broad SMARTS) is 1. The number of nitrogens with zero attached hydrogens (tertiary/aromatic N) is 3. The Morgan fingerprint density at radius 1 is 1.12 bits per heavy atom.